The predicted octanol–water partition coefficient (Wildman–Crippen LogP) is 2.89. The van der Waals surface area contributed by atoms with Crippen molar-refractivity contribution < 1.29 is 14.7 Å². The number of aliphatic carboxylic acids is 1. The van der Waals surface area contributed by atoms with Gasteiger partial charge in [0.25, 0.3) is 0 Å². The molecule has 6 nitrogen and oxygen atoms in total. The van der Waals surface area contributed by atoms with Crippen molar-refractivity contribution in [1.82, 2.24) is 14.7 Å². The largest absolute Gasteiger partial charge is 0.480 e. The third-order valence-corrected chi connectivity index (χ3v) is 5.55. The molecule has 0 aromatic heterocycles. The number of likely N-dealkylation sites (N-methyl/N-ethyl adjacent to an activating group) is 2. The first-order valence-electron chi connectivity index (χ1n) is 10.0. The summed E-state index contributed by atoms with van der Waals surface area (Å²) in [4.78, 5) is 30.5. The second kappa shape index (κ2) is 12.0. The molecule has 1 fully saturated rings. The summed E-state index contributed by atoms with van der Waals surface area (Å²) in [5.41, 5.74) is 1.03. The van der Waals surface area contributed by atoms with E-state index in [0.29, 0.717) is 13.1 Å². The first-order valence-corrected chi connectivity index (χ1v) is 10.0. The highest BCUT2D eigenvalue weighted by atomic mass is 35.5. The molecule has 28 heavy (non-hydrogen) atoms. The lowest BCUT2D eigenvalue weighted by atomic mass is 9.97. The summed E-state index contributed by atoms with van der Waals surface area (Å²) in [6, 6.07) is 10.00. The van der Waals surface area contributed by atoms with Crippen LogP contribution in [0.2, 0.25) is 0 Å². The van der Waals surface area contributed by atoms with Gasteiger partial charge in [0.05, 0.1) is 6.54 Å². The average Bonchev–Trinajstić information content (AvgIpc) is 2.68. The molecule has 0 radical (unpaired) electrons. The molecule has 1 N–H and O–H groups in total. The normalized spacial score (nSPS) is 16.4. The standard InChI is InChI=1S/C21H33N3O3.ClH/c1-4-22(5-2)21(27)20(17-10-8-7-9-11-17)24-14-12-18(13-15-24)23(6-3)16-19(25)26;/h7-11,18,20H,4-6,12-16H2,1-3H3,(H,25,26);1H. The molecule has 1 aromatic rings. The Hall–Kier alpha value is -1.63. The summed E-state index contributed by atoms with van der Waals surface area (Å²) in [5.74, 6) is -0.624. The van der Waals surface area contributed by atoms with Gasteiger partial charge in [-0.3, -0.25) is 19.4 Å². The van der Waals surface area contributed by atoms with Crippen LogP contribution in [-0.4, -0.2) is 77.0 Å². The topological polar surface area (TPSA) is 64.1 Å². The van der Waals surface area contributed by atoms with Crippen LogP contribution in [0, 0.1) is 0 Å². The summed E-state index contributed by atoms with van der Waals surface area (Å²) < 4.78 is 0. The first kappa shape index (κ1) is 24.4. The highest BCUT2D eigenvalue weighted by molar-refractivity contribution is 5.85. The van der Waals surface area contributed by atoms with Crippen LogP contribution < -0.4 is 0 Å². The summed E-state index contributed by atoms with van der Waals surface area (Å²) in [5, 5.41) is 9.12. The van der Waals surface area contributed by atoms with Gasteiger partial charge in [-0.1, -0.05) is 37.3 Å². The van der Waals surface area contributed by atoms with Crippen molar-refractivity contribution in [2.75, 3.05) is 39.3 Å². The minimum Gasteiger partial charge on any atom is -0.480 e. The number of rotatable bonds is 9. The van der Waals surface area contributed by atoms with E-state index < -0.39 is 5.97 Å². The average molecular weight is 412 g/mol. The van der Waals surface area contributed by atoms with Gasteiger partial charge in [0.15, 0.2) is 0 Å². The Balaban J connectivity index is 0.00000392. The van der Waals surface area contributed by atoms with Crippen LogP contribution in [0.5, 0.6) is 0 Å². The van der Waals surface area contributed by atoms with Crippen LogP contribution in [0.15, 0.2) is 30.3 Å². The number of hydrogen-bond donors (Lipinski definition) is 1. The molecule has 1 amide bonds. The van der Waals surface area contributed by atoms with E-state index in [2.05, 4.69) is 4.90 Å². The Bertz CT molecular complexity index is 602. The lowest BCUT2D eigenvalue weighted by Crippen LogP contribution is -2.50. The van der Waals surface area contributed by atoms with E-state index in [-0.39, 0.29) is 36.9 Å². The van der Waals surface area contributed by atoms with E-state index in [1.165, 1.54) is 0 Å². The Morgan fingerprint density at radius 2 is 1.64 bits per heavy atom. The number of hydrogen-bond acceptors (Lipinski definition) is 4. The molecule has 0 saturated carbocycles. The highest BCUT2D eigenvalue weighted by Gasteiger charge is 2.34. The summed E-state index contributed by atoms with van der Waals surface area (Å²) >= 11 is 0. The van der Waals surface area contributed by atoms with Crippen molar-refractivity contribution in [3.8, 4) is 0 Å². The minimum atomic E-state index is -0.779. The molecular formula is C21H34ClN3O3. The Morgan fingerprint density at radius 3 is 2.11 bits per heavy atom. The molecule has 1 aliphatic rings. The molecule has 1 saturated heterocycles. The number of benzene rings is 1. The number of amides is 1. The molecule has 1 atom stereocenters. The molecule has 0 aliphatic carbocycles. The molecular weight excluding hydrogens is 378 g/mol. The quantitative estimate of drug-likeness (QED) is 0.676. The summed E-state index contributed by atoms with van der Waals surface area (Å²) in [6.07, 6.45) is 1.77. The van der Waals surface area contributed by atoms with E-state index in [0.717, 1.165) is 38.0 Å². The number of carboxylic acid groups (broad SMARTS) is 1. The van der Waals surface area contributed by atoms with E-state index in [1.807, 2.05) is 60.9 Å². The molecule has 1 unspecified atom stereocenters. The molecule has 1 aromatic carbocycles. The Kier molecular flexibility index (Phi) is 10.5. The van der Waals surface area contributed by atoms with E-state index in [1.54, 1.807) is 0 Å². The molecule has 2 rings (SSSR count). The fraction of sp³-hybridized carbons (Fsp3) is 0.619. The smallest absolute Gasteiger partial charge is 0.317 e. The zero-order valence-corrected chi connectivity index (χ0v) is 18.0. The van der Waals surface area contributed by atoms with Crippen LogP contribution in [0.25, 0.3) is 0 Å². The van der Waals surface area contributed by atoms with Crippen molar-refractivity contribution in [3.05, 3.63) is 35.9 Å². The van der Waals surface area contributed by atoms with E-state index >= 15 is 0 Å². The zero-order chi connectivity index (χ0) is 19.8. The van der Waals surface area contributed by atoms with Gasteiger partial charge in [-0.05, 0) is 38.8 Å². The lowest BCUT2D eigenvalue weighted by molar-refractivity contribution is -0.139. The lowest BCUT2D eigenvalue weighted by Gasteiger charge is -2.41. The summed E-state index contributed by atoms with van der Waals surface area (Å²) in [7, 11) is 0. The van der Waals surface area contributed by atoms with Gasteiger partial charge in [0.1, 0.15) is 6.04 Å². The number of carbonyl (C=O) groups is 2. The van der Waals surface area contributed by atoms with Gasteiger partial charge < -0.3 is 10.0 Å². The van der Waals surface area contributed by atoms with Crippen LogP contribution >= 0.6 is 12.4 Å². The van der Waals surface area contributed by atoms with Gasteiger partial charge in [-0.25, -0.2) is 0 Å². The van der Waals surface area contributed by atoms with Gasteiger partial charge in [-0.2, -0.15) is 0 Å². The molecule has 1 aliphatic heterocycles. The maximum atomic E-state index is 13.2. The Labute approximate surface area is 174 Å². The molecule has 0 bridgehead atoms. The molecule has 7 heteroatoms. The number of nitrogens with zero attached hydrogens (tertiary/aromatic N) is 3. The van der Waals surface area contributed by atoms with E-state index in [9.17, 15) is 9.59 Å². The molecule has 0 spiro atoms. The fourth-order valence-corrected chi connectivity index (χ4v) is 4.04. The van der Waals surface area contributed by atoms with Gasteiger partial charge in [-0.15, -0.1) is 12.4 Å². The van der Waals surface area contributed by atoms with Crippen LogP contribution in [0.3, 0.4) is 0 Å². The third kappa shape index (κ3) is 6.19. The minimum absolute atomic E-state index is 0. The number of carboxylic acids is 1. The van der Waals surface area contributed by atoms with Crippen molar-refractivity contribution in [2.24, 2.45) is 0 Å². The first-order chi connectivity index (χ1) is 13.0. The van der Waals surface area contributed by atoms with Crippen LogP contribution in [0.1, 0.15) is 45.2 Å². The Morgan fingerprint density at radius 1 is 1.07 bits per heavy atom. The van der Waals surface area contributed by atoms with Crippen molar-refractivity contribution in [3.63, 3.8) is 0 Å². The summed E-state index contributed by atoms with van der Waals surface area (Å²) in [6.45, 7) is 9.86. The fourth-order valence-electron chi connectivity index (χ4n) is 4.04. The molecule has 158 valence electrons. The SMILES string of the molecule is CCN(CC)C(=O)C(c1ccccc1)N1CCC(N(CC)CC(=O)O)CC1.Cl. The number of piperidine rings is 1. The van der Waals surface area contributed by atoms with Gasteiger partial charge >= 0.3 is 5.97 Å². The third-order valence-electron chi connectivity index (χ3n) is 5.55. The van der Waals surface area contributed by atoms with Gasteiger partial charge in [0.2, 0.25) is 5.91 Å². The molecule has 1 heterocycles. The van der Waals surface area contributed by atoms with E-state index in [4.69, 9.17) is 5.11 Å². The number of halogens is 1. The monoisotopic (exact) mass is 411 g/mol. The second-order valence-corrected chi connectivity index (χ2v) is 7.05. The number of likely N-dealkylation sites (tertiary alicyclic amines) is 1. The van der Waals surface area contributed by atoms with Crippen molar-refractivity contribution >= 4 is 24.3 Å². The number of carbonyl (C=O) groups excluding carboxylic acids is 1. The van der Waals surface area contributed by atoms with Gasteiger partial charge in [0, 0.05) is 32.2 Å². The zero-order valence-electron chi connectivity index (χ0n) is 17.2. The second-order valence-electron chi connectivity index (χ2n) is 7.05. The maximum absolute atomic E-state index is 13.2. The van der Waals surface area contributed by atoms with Crippen LogP contribution in [0.4, 0.5) is 0 Å². The predicted molar refractivity (Wildman–Crippen MR) is 114 cm³/mol. The van der Waals surface area contributed by atoms with Crippen molar-refractivity contribution in [2.45, 2.75) is 45.7 Å². The van der Waals surface area contributed by atoms with Crippen LogP contribution in [-0.2, 0) is 9.59 Å². The maximum Gasteiger partial charge on any atom is 0.317 e. The highest BCUT2D eigenvalue weighted by Crippen LogP contribution is 2.28. The van der Waals surface area contributed by atoms with Crippen molar-refractivity contribution in [1.29, 1.82) is 0 Å².